The second kappa shape index (κ2) is 10.4. The Kier molecular flexibility index (Phi) is 7.34. The van der Waals surface area contributed by atoms with E-state index in [1.807, 2.05) is 68.4 Å². The number of aryl methyl sites for hydroxylation is 1. The van der Waals surface area contributed by atoms with E-state index in [-0.39, 0.29) is 0 Å². The average molecular weight is 389 g/mol. The molecule has 0 atom stereocenters. The van der Waals surface area contributed by atoms with Crippen LogP contribution in [0, 0.1) is 13.8 Å². The van der Waals surface area contributed by atoms with E-state index in [4.69, 9.17) is 4.74 Å². The van der Waals surface area contributed by atoms with Crippen LogP contribution in [0.15, 0.2) is 59.7 Å². The van der Waals surface area contributed by atoms with Crippen LogP contribution in [-0.2, 0) is 0 Å². The Balaban J connectivity index is 1.65. The fraction of sp³-hybridized carbons (Fsp3) is 0.292. The number of unbranched alkanes of at least 4 members (excludes halogenated alkanes) is 2. The lowest BCUT2D eigenvalue weighted by Crippen LogP contribution is -2.03. The highest BCUT2D eigenvalue weighted by Crippen LogP contribution is 2.21. The maximum atomic E-state index is 5.74. The minimum atomic E-state index is 0.691. The van der Waals surface area contributed by atoms with E-state index in [0.717, 1.165) is 41.2 Å². The van der Waals surface area contributed by atoms with E-state index in [1.54, 1.807) is 6.21 Å². The Bertz CT molecular complexity index is 937. The van der Waals surface area contributed by atoms with Crippen LogP contribution in [0.3, 0.4) is 0 Å². The van der Waals surface area contributed by atoms with Crippen molar-refractivity contribution in [1.29, 1.82) is 0 Å². The van der Waals surface area contributed by atoms with Gasteiger partial charge in [-0.05, 0) is 50.1 Å². The molecule has 0 aliphatic carbocycles. The van der Waals surface area contributed by atoms with Gasteiger partial charge in [0.2, 0.25) is 0 Å². The molecule has 0 fully saturated rings. The standard InChI is InChI=1S/C24H28N4O/c1-4-5-9-16-29-22-14-12-20(13-15-22)17-25-28-23-18(2)19(3)26-24(27-23)21-10-7-6-8-11-21/h6-8,10-15,17H,4-5,9,16H2,1-3H3,(H,26,27,28)/b25-17+. The van der Waals surface area contributed by atoms with Crippen LogP contribution < -0.4 is 10.2 Å². The first kappa shape index (κ1) is 20.5. The monoisotopic (exact) mass is 388 g/mol. The van der Waals surface area contributed by atoms with Gasteiger partial charge in [0.1, 0.15) is 5.75 Å². The second-order valence-corrected chi connectivity index (χ2v) is 6.97. The first-order valence-electron chi connectivity index (χ1n) is 10.1. The molecule has 0 spiro atoms. The lowest BCUT2D eigenvalue weighted by molar-refractivity contribution is 0.306. The van der Waals surface area contributed by atoms with Crippen molar-refractivity contribution in [3.8, 4) is 17.1 Å². The third kappa shape index (κ3) is 5.88. The number of hydrazone groups is 1. The van der Waals surface area contributed by atoms with Crippen molar-refractivity contribution < 1.29 is 4.74 Å². The number of hydrogen-bond donors (Lipinski definition) is 1. The van der Waals surface area contributed by atoms with Crippen molar-refractivity contribution >= 4 is 12.0 Å². The van der Waals surface area contributed by atoms with Crippen LogP contribution in [0.1, 0.15) is 43.0 Å². The molecule has 0 saturated carbocycles. The predicted octanol–water partition coefficient (Wildman–Crippen LogP) is 5.78. The van der Waals surface area contributed by atoms with Gasteiger partial charge in [-0.2, -0.15) is 5.10 Å². The molecular weight excluding hydrogens is 360 g/mol. The molecule has 29 heavy (non-hydrogen) atoms. The highest BCUT2D eigenvalue weighted by molar-refractivity contribution is 5.80. The van der Waals surface area contributed by atoms with Crippen LogP contribution in [0.2, 0.25) is 0 Å². The lowest BCUT2D eigenvalue weighted by Gasteiger charge is -2.09. The molecule has 1 heterocycles. The molecule has 3 aromatic rings. The molecule has 0 radical (unpaired) electrons. The molecule has 5 nitrogen and oxygen atoms in total. The summed E-state index contributed by atoms with van der Waals surface area (Å²) in [5.41, 5.74) is 6.95. The number of aromatic nitrogens is 2. The van der Waals surface area contributed by atoms with E-state index < -0.39 is 0 Å². The van der Waals surface area contributed by atoms with E-state index in [2.05, 4.69) is 27.4 Å². The van der Waals surface area contributed by atoms with Crippen LogP contribution in [0.25, 0.3) is 11.4 Å². The van der Waals surface area contributed by atoms with Gasteiger partial charge in [-0.25, -0.2) is 9.97 Å². The summed E-state index contributed by atoms with van der Waals surface area (Å²) < 4.78 is 5.74. The first-order chi connectivity index (χ1) is 14.2. The Labute approximate surface area is 172 Å². The van der Waals surface area contributed by atoms with Crippen molar-refractivity contribution in [3.05, 3.63) is 71.4 Å². The van der Waals surface area contributed by atoms with Crippen molar-refractivity contribution in [3.63, 3.8) is 0 Å². The summed E-state index contributed by atoms with van der Waals surface area (Å²) in [7, 11) is 0. The van der Waals surface area contributed by atoms with Gasteiger partial charge >= 0.3 is 0 Å². The zero-order valence-electron chi connectivity index (χ0n) is 17.4. The molecule has 0 saturated heterocycles. The Hall–Kier alpha value is -3.21. The van der Waals surface area contributed by atoms with Crippen molar-refractivity contribution in [2.75, 3.05) is 12.0 Å². The molecular formula is C24H28N4O. The number of benzene rings is 2. The van der Waals surface area contributed by atoms with Gasteiger partial charge < -0.3 is 4.74 Å². The summed E-state index contributed by atoms with van der Waals surface area (Å²) in [6, 6.07) is 17.9. The molecule has 0 aliphatic rings. The molecule has 3 rings (SSSR count). The summed E-state index contributed by atoms with van der Waals surface area (Å²) >= 11 is 0. The zero-order chi connectivity index (χ0) is 20.5. The summed E-state index contributed by atoms with van der Waals surface area (Å²) in [6.07, 6.45) is 5.26. The van der Waals surface area contributed by atoms with E-state index in [9.17, 15) is 0 Å². The SMILES string of the molecule is CCCCCOc1ccc(/C=N/Nc2nc(-c3ccccc3)nc(C)c2C)cc1. The van der Waals surface area contributed by atoms with Crippen molar-refractivity contribution in [2.45, 2.75) is 40.0 Å². The maximum absolute atomic E-state index is 5.74. The molecule has 1 N–H and O–H groups in total. The van der Waals surface area contributed by atoms with Crippen molar-refractivity contribution in [1.82, 2.24) is 9.97 Å². The van der Waals surface area contributed by atoms with Gasteiger partial charge in [-0.1, -0.05) is 50.1 Å². The van der Waals surface area contributed by atoms with Gasteiger partial charge in [0.25, 0.3) is 0 Å². The molecule has 5 heteroatoms. The molecule has 0 amide bonds. The normalized spacial score (nSPS) is 11.0. The quantitative estimate of drug-likeness (QED) is 0.287. The minimum absolute atomic E-state index is 0.691. The summed E-state index contributed by atoms with van der Waals surface area (Å²) in [5, 5.41) is 4.36. The fourth-order valence-corrected chi connectivity index (χ4v) is 2.81. The Morgan fingerprint density at radius 2 is 1.72 bits per heavy atom. The third-order valence-electron chi connectivity index (χ3n) is 4.70. The molecule has 0 unspecified atom stereocenters. The number of rotatable bonds is 9. The van der Waals surface area contributed by atoms with E-state index in [0.29, 0.717) is 11.6 Å². The molecule has 150 valence electrons. The topological polar surface area (TPSA) is 59.4 Å². The summed E-state index contributed by atoms with van der Waals surface area (Å²) in [5.74, 6) is 2.29. The Morgan fingerprint density at radius 3 is 2.45 bits per heavy atom. The molecule has 0 bridgehead atoms. The minimum Gasteiger partial charge on any atom is -0.494 e. The van der Waals surface area contributed by atoms with Gasteiger partial charge in [0, 0.05) is 16.8 Å². The van der Waals surface area contributed by atoms with Crippen molar-refractivity contribution in [2.24, 2.45) is 5.10 Å². The highest BCUT2D eigenvalue weighted by atomic mass is 16.5. The molecule has 0 aliphatic heterocycles. The average Bonchev–Trinajstić information content (AvgIpc) is 2.76. The van der Waals surface area contributed by atoms with Crippen LogP contribution in [0.5, 0.6) is 5.75 Å². The van der Waals surface area contributed by atoms with Crippen LogP contribution in [0.4, 0.5) is 5.82 Å². The predicted molar refractivity (Wildman–Crippen MR) is 120 cm³/mol. The van der Waals surface area contributed by atoms with Crippen LogP contribution >= 0.6 is 0 Å². The molecule has 1 aromatic heterocycles. The number of anilines is 1. The second-order valence-electron chi connectivity index (χ2n) is 6.97. The number of nitrogens with zero attached hydrogens (tertiary/aromatic N) is 3. The number of nitrogens with one attached hydrogen (secondary N) is 1. The number of hydrogen-bond acceptors (Lipinski definition) is 5. The van der Waals surface area contributed by atoms with Gasteiger partial charge in [0.15, 0.2) is 11.6 Å². The Morgan fingerprint density at radius 1 is 0.966 bits per heavy atom. The van der Waals surface area contributed by atoms with Gasteiger partial charge in [0.05, 0.1) is 12.8 Å². The molecule has 2 aromatic carbocycles. The largest absolute Gasteiger partial charge is 0.494 e. The zero-order valence-corrected chi connectivity index (χ0v) is 17.4. The first-order valence-corrected chi connectivity index (χ1v) is 10.1. The maximum Gasteiger partial charge on any atom is 0.161 e. The van der Waals surface area contributed by atoms with Crippen LogP contribution in [-0.4, -0.2) is 22.8 Å². The van der Waals surface area contributed by atoms with Gasteiger partial charge in [-0.3, -0.25) is 5.43 Å². The number of ether oxygens (including phenoxy) is 1. The third-order valence-corrected chi connectivity index (χ3v) is 4.70. The van der Waals surface area contributed by atoms with Gasteiger partial charge in [-0.15, -0.1) is 0 Å². The fourth-order valence-electron chi connectivity index (χ4n) is 2.81. The van der Waals surface area contributed by atoms with E-state index >= 15 is 0 Å². The summed E-state index contributed by atoms with van der Waals surface area (Å²) in [6.45, 7) is 6.93. The van der Waals surface area contributed by atoms with E-state index in [1.165, 1.54) is 12.8 Å². The highest BCUT2D eigenvalue weighted by Gasteiger charge is 2.09. The summed E-state index contributed by atoms with van der Waals surface area (Å²) in [4.78, 5) is 9.24. The smallest absolute Gasteiger partial charge is 0.161 e. The lowest BCUT2D eigenvalue weighted by atomic mass is 10.2.